The Balaban J connectivity index is 2.42. The Bertz CT molecular complexity index is 354. The van der Waals surface area contributed by atoms with Crippen LogP contribution >= 0.6 is 27.3 Å². The van der Waals surface area contributed by atoms with Crippen molar-refractivity contribution in [3.05, 3.63) is 20.8 Å². The second kappa shape index (κ2) is 6.88. The third kappa shape index (κ3) is 4.51. The number of halogens is 1. The second-order valence-electron chi connectivity index (χ2n) is 3.42. The number of rotatable bonds is 5. The number of guanidine groups is 1. The van der Waals surface area contributed by atoms with E-state index < -0.39 is 0 Å². The van der Waals surface area contributed by atoms with Gasteiger partial charge in [0.15, 0.2) is 5.96 Å². The molecule has 3 N–H and O–H groups in total. The van der Waals surface area contributed by atoms with Crippen molar-refractivity contribution in [3.63, 3.8) is 0 Å². The SMILES string of the molecule is COCC(C)NC(N)=NCc1ccsc1Br. The van der Waals surface area contributed by atoms with E-state index in [-0.39, 0.29) is 6.04 Å². The fraction of sp³-hybridized carbons (Fsp3) is 0.500. The smallest absolute Gasteiger partial charge is 0.189 e. The molecule has 16 heavy (non-hydrogen) atoms. The Hall–Kier alpha value is -0.590. The zero-order valence-electron chi connectivity index (χ0n) is 9.37. The third-order valence-corrected chi connectivity index (χ3v) is 3.74. The summed E-state index contributed by atoms with van der Waals surface area (Å²) in [4.78, 5) is 4.25. The molecule has 4 nitrogen and oxygen atoms in total. The number of nitrogens with one attached hydrogen (secondary N) is 1. The standard InChI is InChI=1S/C10H16BrN3OS/c1-7(6-15-2)14-10(12)13-5-8-3-4-16-9(8)11/h3-4,7H,5-6H2,1-2H3,(H3,12,13,14). The van der Waals surface area contributed by atoms with Gasteiger partial charge in [-0.05, 0) is 39.9 Å². The van der Waals surface area contributed by atoms with Crippen molar-refractivity contribution >= 4 is 33.2 Å². The Morgan fingerprint density at radius 1 is 1.75 bits per heavy atom. The average Bonchev–Trinajstić information content (AvgIpc) is 2.61. The second-order valence-corrected chi connectivity index (χ2v) is 5.66. The highest BCUT2D eigenvalue weighted by atomic mass is 79.9. The molecule has 0 aromatic carbocycles. The first-order valence-corrected chi connectivity index (χ1v) is 6.58. The van der Waals surface area contributed by atoms with Crippen molar-refractivity contribution in [1.82, 2.24) is 5.32 Å². The first-order valence-electron chi connectivity index (χ1n) is 4.90. The molecular weight excluding hydrogens is 290 g/mol. The molecule has 1 unspecified atom stereocenters. The van der Waals surface area contributed by atoms with Gasteiger partial charge in [0.1, 0.15) is 0 Å². The van der Waals surface area contributed by atoms with E-state index in [9.17, 15) is 0 Å². The van der Waals surface area contributed by atoms with Gasteiger partial charge in [-0.15, -0.1) is 11.3 Å². The summed E-state index contributed by atoms with van der Waals surface area (Å²) in [6, 6.07) is 2.20. The number of hydrogen-bond donors (Lipinski definition) is 2. The maximum Gasteiger partial charge on any atom is 0.189 e. The van der Waals surface area contributed by atoms with E-state index in [4.69, 9.17) is 10.5 Å². The molecule has 0 aliphatic carbocycles. The number of thiophene rings is 1. The Kier molecular flexibility index (Phi) is 5.79. The van der Waals surface area contributed by atoms with Crippen molar-refractivity contribution in [2.75, 3.05) is 13.7 Å². The minimum atomic E-state index is 0.166. The lowest BCUT2D eigenvalue weighted by molar-refractivity contribution is 0.179. The molecule has 90 valence electrons. The first-order chi connectivity index (χ1) is 7.63. The van der Waals surface area contributed by atoms with Gasteiger partial charge in [-0.2, -0.15) is 0 Å². The summed E-state index contributed by atoms with van der Waals surface area (Å²) in [7, 11) is 1.66. The van der Waals surface area contributed by atoms with E-state index in [2.05, 4.69) is 26.2 Å². The summed E-state index contributed by atoms with van der Waals surface area (Å²) in [6.07, 6.45) is 0. The van der Waals surface area contributed by atoms with E-state index in [0.29, 0.717) is 19.1 Å². The van der Waals surface area contributed by atoms with Gasteiger partial charge in [0, 0.05) is 13.2 Å². The van der Waals surface area contributed by atoms with Crippen molar-refractivity contribution in [2.24, 2.45) is 10.7 Å². The Morgan fingerprint density at radius 2 is 2.50 bits per heavy atom. The van der Waals surface area contributed by atoms with Crippen LogP contribution in [-0.2, 0) is 11.3 Å². The maximum atomic E-state index is 5.74. The summed E-state index contributed by atoms with van der Waals surface area (Å²) in [5.74, 6) is 0.447. The highest BCUT2D eigenvalue weighted by molar-refractivity contribution is 9.11. The van der Waals surface area contributed by atoms with Crippen LogP contribution in [0.1, 0.15) is 12.5 Å². The summed E-state index contributed by atoms with van der Waals surface area (Å²) in [5.41, 5.74) is 6.89. The normalized spacial score (nSPS) is 13.8. The third-order valence-electron chi connectivity index (χ3n) is 1.92. The molecule has 1 heterocycles. The molecule has 0 radical (unpaired) electrons. The van der Waals surface area contributed by atoms with E-state index in [1.165, 1.54) is 0 Å². The van der Waals surface area contributed by atoms with Gasteiger partial charge in [0.05, 0.1) is 16.9 Å². The van der Waals surface area contributed by atoms with Gasteiger partial charge >= 0.3 is 0 Å². The fourth-order valence-corrected chi connectivity index (χ4v) is 2.41. The molecule has 0 saturated heterocycles. The molecule has 0 fully saturated rings. The Morgan fingerprint density at radius 3 is 3.06 bits per heavy atom. The zero-order chi connectivity index (χ0) is 12.0. The number of nitrogens with zero attached hydrogens (tertiary/aromatic N) is 1. The highest BCUT2D eigenvalue weighted by Gasteiger charge is 2.03. The van der Waals surface area contributed by atoms with Gasteiger partial charge in [0.25, 0.3) is 0 Å². The molecule has 0 spiro atoms. The molecule has 1 atom stereocenters. The molecule has 0 amide bonds. The Labute approximate surface area is 108 Å². The number of ether oxygens (including phenoxy) is 1. The highest BCUT2D eigenvalue weighted by Crippen LogP contribution is 2.23. The summed E-state index contributed by atoms with van der Waals surface area (Å²) < 4.78 is 6.10. The predicted octanol–water partition coefficient (Wildman–Crippen LogP) is 1.95. The maximum absolute atomic E-state index is 5.74. The van der Waals surface area contributed by atoms with E-state index >= 15 is 0 Å². The fourth-order valence-electron chi connectivity index (χ4n) is 1.19. The molecule has 0 bridgehead atoms. The molecule has 6 heteroatoms. The van der Waals surface area contributed by atoms with Crippen molar-refractivity contribution in [1.29, 1.82) is 0 Å². The molecule has 0 aliphatic heterocycles. The number of aliphatic imine (C=N–C) groups is 1. The summed E-state index contributed by atoms with van der Waals surface area (Å²) >= 11 is 5.10. The zero-order valence-corrected chi connectivity index (χ0v) is 11.8. The topological polar surface area (TPSA) is 59.6 Å². The van der Waals surface area contributed by atoms with E-state index in [0.717, 1.165) is 9.35 Å². The van der Waals surface area contributed by atoms with Crippen LogP contribution in [0.4, 0.5) is 0 Å². The first kappa shape index (κ1) is 13.5. The monoisotopic (exact) mass is 305 g/mol. The molecular formula is C10H16BrN3OS. The molecule has 1 rings (SSSR count). The minimum absolute atomic E-state index is 0.166. The number of methoxy groups -OCH3 is 1. The van der Waals surface area contributed by atoms with Crippen LogP contribution in [0.5, 0.6) is 0 Å². The van der Waals surface area contributed by atoms with Crippen LogP contribution < -0.4 is 11.1 Å². The van der Waals surface area contributed by atoms with E-state index in [1.54, 1.807) is 18.4 Å². The quantitative estimate of drug-likeness (QED) is 0.646. The van der Waals surface area contributed by atoms with Crippen LogP contribution in [0.2, 0.25) is 0 Å². The molecule has 1 aromatic rings. The van der Waals surface area contributed by atoms with Crippen molar-refractivity contribution in [3.8, 4) is 0 Å². The van der Waals surface area contributed by atoms with Crippen LogP contribution in [-0.4, -0.2) is 25.7 Å². The lowest BCUT2D eigenvalue weighted by Gasteiger charge is -2.12. The minimum Gasteiger partial charge on any atom is -0.383 e. The molecule has 0 aliphatic rings. The van der Waals surface area contributed by atoms with Gasteiger partial charge < -0.3 is 15.8 Å². The number of hydrogen-bond acceptors (Lipinski definition) is 3. The van der Waals surface area contributed by atoms with Crippen molar-refractivity contribution in [2.45, 2.75) is 19.5 Å². The van der Waals surface area contributed by atoms with Gasteiger partial charge in [0.2, 0.25) is 0 Å². The van der Waals surface area contributed by atoms with Crippen LogP contribution in [0, 0.1) is 0 Å². The molecule has 1 aromatic heterocycles. The van der Waals surface area contributed by atoms with Crippen LogP contribution in [0.15, 0.2) is 20.2 Å². The van der Waals surface area contributed by atoms with Gasteiger partial charge in [-0.1, -0.05) is 0 Å². The van der Waals surface area contributed by atoms with Gasteiger partial charge in [-0.3, -0.25) is 0 Å². The van der Waals surface area contributed by atoms with Gasteiger partial charge in [-0.25, -0.2) is 4.99 Å². The lowest BCUT2D eigenvalue weighted by atomic mass is 10.3. The van der Waals surface area contributed by atoms with E-state index in [1.807, 2.05) is 18.4 Å². The summed E-state index contributed by atoms with van der Waals surface area (Å²) in [6.45, 7) is 3.19. The number of nitrogens with two attached hydrogens (primary N) is 1. The lowest BCUT2D eigenvalue weighted by Crippen LogP contribution is -2.40. The molecule has 0 saturated carbocycles. The van der Waals surface area contributed by atoms with Crippen LogP contribution in [0.3, 0.4) is 0 Å². The average molecular weight is 306 g/mol. The van der Waals surface area contributed by atoms with Crippen molar-refractivity contribution < 1.29 is 4.74 Å². The van der Waals surface area contributed by atoms with Crippen LogP contribution in [0.25, 0.3) is 0 Å². The predicted molar refractivity (Wildman–Crippen MR) is 71.8 cm³/mol. The summed E-state index contributed by atoms with van der Waals surface area (Å²) in [5, 5.41) is 5.07. The largest absolute Gasteiger partial charge is 0.383 e.